The Balaban J connectivity index is 2.10. The first-order chi connectivity index (χ1) is 9.72. The second-order valence-electron chi connectivity index (χ2n) is 7.62. The van der Waals surface area contributed by atoms with Gasteiger partial charge in [-0.25, -0.2) is 0 Å². The van der Waals surface area contributed by atoms with E-state index in [1.807, 2.05) is 19.1 Å². The van der Waals surface area contributed by atoms with Gasteiger partial charge in [-0.05, 0) is 25.0 Å². The van der Waals surface area contributed by atoms with E-state index in [0.29, 0.717) is 11.1 Å². The predicted octanol–water partition coefficient (Wildman–Crippen LogP) is 4.04. The highest BCUT2D eigenvalue weighted by atomic mass is 16.5. The summed E-state index contributed by atoms with van der Waals surface area (Å²) in [5.41, 5.74) is 2.22. The van der Waals surface area contributed by atoms with Gasteiger partial charge in [0.25, 0.3) is 0 Å². The van der Waals surface area contributed by atoms with Crippen LogP contribution in [-0.4, -0.2) is 11.1 Å². The molecule has 1 aromatic heterocycles. The van der Waals surface area contributed by atoms with E-state index < -0.39 is 0 Å². The molecule has 3 heteroatoms. The van der Waals surface area contributed by atoms with Gasteiger partial charge in [0.15, 0.2) is 5.43 Å². The number of nitrogens with one attached hydrogen (secondary N) is 1. The lowest BCUT2D eigenvalue weighted by Gasteiger charge is -2.56. The lowest BCUT2D eigenvalue weighted by atomic mass is 9.53. The van der Waals surface area contributed by atoms with Gasteiger partial charge in [0, 0.05) is 23.1 Å². The van der Waals surface area contributed by atoms with Gasteiger partial charge < -0.3 is 9.72 Å². The van der Waals surface area contributed by atoms with Crippen LogP contribution >= 0.6 is 0 Å². The molecule has 2 aromatic rings. The highest BCUT2D eigenvalue weighted by molar-refractivity contribution is 5.87. The largest absolute Gasteiger partial charge is 0.488 e. The summed E-state index contributed by atoms with van der Waals surface area (Å²) in [5.74, 6) is 0.698. The quantitative estimate of drug-likeness (QED) is 0.904. The second kappa shape index (κ2) is 4.36. The summed E-state index contributed by atoms with van der Waals surface area (Å²) in [7, 11) is 0. The molecule has 0 saturated heterocycles. The average Bonchev–Trinajstić information content (AvgIpc) is 2.37. The van der Waals surface area contributed by atoms with E-state index in [1.54, 1.807) is 12.3 Å². The minimum absolute atomic E-state index is 0.0115. The van der Waals surface area contributed by atoms with Gasteiger partial charge in [0.2, 0.25) is 0 Å². The third kappa shape index (κ3) is 2.15. The molecule has 112 valence electrons. The smallest absolute Gasteiger partial charge is 0.193 e. The number of aromatic amines is 1. The Morgan fingerprint density at radius 2 is 1.81 bits per heavy atom. The molecule has 3 rings (SSSR count). The van der Waals surface area contributed by atoms with Crippen LogP contribution in [0.3, 0.4) is 0 Å². The van der Waals surface area contributed by atoms with Gasteiger partial charge in [0.05, 0.1) is 10.9 Å². The number of aromatic nitrogens is 1. The normalized spacial score (nSPS) is 20.2. The number of aryl methyl sites for hydroxylation is 1. The lowest BCUT2D eigenvalue weighted by molar-refractivity contribution is -0.133. The number of rotatable bonds is 2. The molecule has 0 spiro atoms. The number of hydrogen-bond acceptors (Lipinski definition) is 2. The van der Waals surface area contributed by atoms with Crippen LogP contribution in [0.5, 0.6) is 5.75 Å². The standard InChI is InChI=1S/C18H23NO2/c1-11-6-7-13(14-12(20)8-9-19-15(11)14)21-16-17(2,3)10-18(16,4)5/h6-9,16H,10H2,1-5H3,(H,19,20). The molecule has 1 N–H and O–H groups in total. The molecule has 1 aliphatic carbocycles. The van der Waals surface area contributed by atoms with E-state index in [9.17, 15) is 4.79 Å². The Labute approximate surface area is 125 Å². The molecule has 0 unspecified atom stereocenters. The van der Waals surface area contributed by atoms with Crippen LogP contribution < -0.4 is 10.2 Å². The molecule has 0 radical (unpaired) electrons. The second-order valence-corrected chi connectivity index (χ2v) is 7.62. The summed E-state index contributed by atoms with van der Waals surface area (Å²) in [6, 6.07) is 5.50. The maximum atomic E-state index is 12.3. The SMILES string of the molecule is Cc1ccc(OC2C(C)(C)CC2(C)C)c2c(=O)cc[nH]c12. The fraction of sp³-hybridized carbons (Fsp3) is 0.500. The highest BCUT2D eigenvalue weighted by Crippen LogP contribution is 2.55. The number of ether oxygens (including phenoxy) is 1. The van der Waals surface area contributed by atoms with Crippen LogP contribution in [0.1, 0.15) is 39.7 Å². The van der Waals surface area contributed by atoms with Gasteiger partial charge in [0.1, 0.15) is 11.9 Å². The Morgan fingerprint density at radius 3 is 2.43 bits per heavy atom. The van der Waals surface area contributed by atoms with E-state index in [-0.39, 0.29) is 22.4 Å². The molecule has 21 heavy (non-hydrogen) atoms. The van der Waals surface area contributed by atoms with Gasteiger partial charge in [-0.2, -0.15) is 0 Å². The molecule has 0 atom stereocenters. The zero-order valence-corrected chi connectivity index (χ0v) is 13.4. The van der Waals surface area contributed by atoms with Crippen LogP contribution in [0.25, 0.3) is 10.9 Å². The van der Waals surface area contributed by atoms with Crippen molar-refractivity contribution in [3.8, 4) is 5.75 Å². The van der Waals surface area contributed by atoms with Crippen molar-refractivity contribution in [2.45, 2.75) is 47.1 Å². The maximum absolute atomic E-state index is 12.3. The zero-order valence-electron chi connectivity index (χ0n) is 13.4. The van der Waals surface area contributed by atoms with Crippen molar-refractivity contribution < 1.29 is 4.74 Å². The molecule has 1 fully saturated rings. The van der Waals surface area contributed by atoms with E-state index in [0.717, 1.165) is 17.5 Å². The number of hydrogen-bond donors (Lipinski definition) is 1. The predicted molar refractivity (Wildman–Crippen MR) is 85.9 cm³/mol. The number of pyridine rings is 1. The summed E-state index contributed by atoms with van der Waals surface area (Å²) >= 11 is 0. The van der Waals surface area contributed by atoms with Crippen molar-refractivity contribution in [2.75, 3.05) is 0 Å². The first-order valence-corrected chi connectivity index (χ1v) is 7.50. The Morgan fingerprint density at radius 1 is 1.14 bits per heavy atom. The molecular weight excluding hydrogens is 262 g/mol. The zero-order chi connectivity index (χ0) is 15.4. The maximum Gasteiger partial charge on any atom is 0.193 e. The van der Waals surface area contributed by atoms with Gasteiger partial charge >= 0.3 is 0 Å². The van der Waals surface area contributed by atoms with Crippen LogP contribution in [0, 0.1) is 17.8 Å². The van der Waals surface area contributed by atoms with Crippen molar-refractivity contribution in [3.05, 3.63) is 40.2 Å². The Kier molecular flexibility index (Phi) is 2.94. The lowest BCUT2D eigenvalue weighted by Crippen LogP contribution is -2.58. The fourth-order valence-electron chi connectivity index (χ4n) is 4.23. The highest BCUT2D eigenvalue weighted by Gasteiger charge is 2.55. The van der Waals surface area contributed by atoms with Crippen molar-refractivity contribution in [3.63, 3.8) is 0 Å². The van der Waals surface area contributed by atoms with Crippen LogP contribution in [0.2, 0.25) is 0 Å². The van der Waals surface area contributed by atoms with Crippen molar-refractivity contribution in [2.24, 2.45) is 10.8 Å². The van der Waals surface area contributed by atoms with E-state index in [1.165, 1.54) is 0 Å². The number of H-pyrrole nitrogens is 1. The molecule has 1 aliphatic rings. The van der Waals surface area contributed by atoms with Crippen LogP contribution in [0.15, 0.2) is 29.2 Å². The van der Waals surface area contributed by atoms with E-state index >= 15 is 0 Å². The topological polar surface area (TPSA) is 42.1 Å². The third-order valence-electron chi connectivity index (χ3n) is 4.66. The fourth-order valence-corrected chi connectivity index (χ4v) is 4.23. The molecule has 0 amide bonds. The summed E-state index contributed by atoms with van der Waals surface area (Å²) in [6.45, 7) is 10.9. The van der Waals surface area contributed by atoms with Crippen LogP contribution in [-0.2, 0) is 0 Å². The first-order valence-electron chi connectivity index (χ1n) is 7.50. The molecular formula is C18H23NO2. The minimum Gasteiger partial charge on any atom is -0.488 e. The molecule has 1 aromatic carbocycles. The third-order valence-corrected chi connectivity index (χ3v) is 4.66. The molecule has 1 heterocycles. The monoisotopic (exact) mass is 285 g/mol. The molecule has 0 aliphatic heterocycles. The summed E-state index contributed by atoms with van der Waals surface area (Å²) in [6.07, 6.45) is 2.94. The van der Waals surface area contributed by atoms with Crippen molar-refractivity contribution >= 4 is 10.9 Å². The Hall–Kier alpha value is -1.77. The molecule has 0 bridgehead atoms. The van der Waals surface area contributed by atoms with Gasteiger partial charge in [-0.3, -0.25) is 4.79 Å². The van der Waals surface area contributed by atoms with E-state index in [2.05, 4.69) is 32.7 Å². The molecule has 3 nitrogen and oxygen atoms in total. The molecule has 1 saturated carbocycles. The number of fused-ring (bicyclic) bond motifs is 1. The Bertz CT molecular complexity index is 741. The van der Waals surface area contributed by atoms with Gasteiger partial charge in [-0.1, -0.05) is 33.8 Å². The first kappa shape index (κ1) is 14.2. The number of benzene rings is 1. The van der Waals surface area contributed by atoms with Crippen molar-refractivity contribution in [1.82, 2.24) is 4.98 Å². The minimum atomic E-state index is 0.0115. The van der Waals surface area contributed by atoms with Gasteiger partial charge in [-0.15, -0.1) is 0 Å². The summed E-state index contributed by atoms with van der Waals surface area (Å²) < 4.78 is 6.31. The van der Waals surface area contributed by atoms with Crippen LogP contribution in [0.4, 0.5) is 0 Å². The summed E-state index contributed by atoms with van der Waals surface area (Å²) in [4.78, 5) is 15.4. The summed E-state index contributed by atoms with van der Waals surface area (Å²) in [5, 5.41) is 0.663. The van der Waals surface area contributed by atoms with Crippen molar-refractivity contribution in [1.29, 1.82) is 0 Å². The van der Waals surface area contributed by atoms with E-state index in [4.69, 9.17) is 4.74 Å². The average molecular weight is 285 g/mol.